The smallest absolute Gasteiger partial charge is 0.309 e. The van der Waals surface area contributed by atoms with Crippen molar-refractivity contribution < 1.29 is 24.2 Å². The lowest BCUT2D eigenvalue weighted by molar-refractivity contribution is -0.136. The van der Waals surface area contributed by atoms with E-state index in [0.717, 1.165) is 0 Å². The molecule has 0 unspecified atom stereocenters. The zero-order valence-electron chi connectivity index (χ0n) is 11.4. The number of rotatable bonds is 5. The molecule has 3 rings (SSSR count). The lowest BCUT2D eigenvalue weighted by Gasteiger charge is -2.07. The number of carboxylic acids is 1. The Labute approximate surface area is 124 Å². The van der Waals surface area contributed by atoms with Gasteiger partial charge in [-0.15, -0.1) is 5.10 Å². The number of nitrogens with one attached hydrogen (secondary N) is 1. The van der Waals surface area contributed by atoms with Gasteiger partial charge in [0.15, 0.2) is 11.5 Å². The van der Waals surface area contributed by atoms with Gasteiger partial charge in [-0.1, -0.05) is 5.21 Å². The molecular formula is C13H12N4O5. The van der Waals surface area contributed by atoms with Gasteiger partial charge in [0.25, 0.3) is 0 Å². The van der Waals surface area contributed by atoms with Crippen LogP contribution in [0, 0.1) is 0 Å². The fourth-order valence-corrected chi connectivity index (χ4v) is 2.01. The summed E-state index contributed by atoms with van der Waals surface area (Å²) in [5.41, 5.74) is 0.905. The molecule has 114 valence electrons. The highest BCUT2D eigenvalue weighted by Crippen LogP contribution is 2.34. The number of nitrogens with zero attached hydrogens (tertiary/aromatic N) is 3. The molecule has 0 atom stereocenters. The van der Waals surface area contributed by atoms with Gasteiger partial charge >= 0.3 is 5.97 Å². The molecular weight excluding hydrogens is 292 g/mol. The normalized spacial score (nSPS) is 12.2. The monoisotopic (exact) mass is 304 g/mol. The van der Waals surface area contributed by atoms with Crippen LogP contribution in [0.1, 0.15) is 5.69 Å². The molecule has 2 heterocycles. The van der Waals surface area contributed by atoms with Gasteiger partial charge in [0.05, 0.1) is 18.3 Å². The molecule has 0 fully saturated rings. The molecule has 1 aromatic heterocycles. The van der Waals surface area contributed by atoms with Crippen LogP contribution in [0.4, 0.5) is 5.69 Å². The predicted octanol–water partition coefficient (Wildman–Crippen LogP) is 0.273. The van der Waals surface area contributed by atoms with E-state index in [9.17, 15) is 9.59 Å². The zero-order valence-corrected chi connectivity index (χ0v) is 11.4. The van der Waals surface area contributed by atoms with Crippen LogP contribution < -0.4 is 14.8 Å². The Morgan fingerprint density at radius 1 is 1.32 bits per heavy atom. The van der Waals surface area contributed by atoms with Gasteiger partial charge in [-0.05, 0) is 12.1 Å². The van der Waals surface area contributed by atoms with Crippen molar-refractivity contribution >= 4 is 17.6 Å². The lowest BCUT2D eigenvalue weighted by Crippen LogP contribution is -2.21. The number of hydrogen-bond donors (Lipinski definition) is 2. The van der Waals surface area contributed by atoms with E-state index in [-0.39, 0.29) is 25.7 Å². The van der Waals surface area contributed by atoms with Crippen molar-refractivity contribution in [2.75, 3.05) is 12.1 Å². The predicted molar refractivity (Wildman–Crippen MR) is 72.6 cm³/mol. The topological polar surface area (TPSA) is 116 Å². The maximum atomic E-state index is 12.0. The van der Waals surface area contributed by atoms with Gasteiger partial charge in [0, 0.05) is 11.8 Å². The van der Waals surface area contributed by atoms with Crippen molar-refractivity contribution in [1.82, 2.24) is 15.0 Å². The first kappa shape index (κ1) is 13.9. The number of anilines is 1. The summed E-state index contributed by atoms with van der Waals surface area (Å²) in [6.45, 7) is 0.0291. The van der Waals surface area contributed by atoms with Crippen molar-refractivity contribution in [3.8, 4) is 11.5 Å². The summed E-state index contributed by atoms with van der Waals surface area (Å²) < 4.78 is 11.7. The molecule has 0 bridgehead atoms. The fraction of sp³-hybridized carbons (Fsp3) is 0.231. The lowest BCUT2D eigenvalue weighted by atomic mass is 10.2. The molecule has 9 nitrogen and oxygen atoms in total. The number of ether oxygens (including phenoxy) is 2. The van der Waals surface area contributed by atoms with Gasteiger partial charge in [-0.2, -0.15) is 0 Å². The van der Waals surface area contributed by atoms with Crippen molar-refractivity contribution in [3.63, 3.8) is 0 Å². The standard InChI is InChI=1S/C13H12N4O5/c18-12(6-17-9(4-13(19)20)5-14-16-17)15-8-1-2-10-11(3-8)22-7-21-10/h1-3,5H,4,6-7H2,(H,15,18)(H,19,20). The Balaban J connectivity index is 1.65. The van der Waals surface area contributed by atoms with E-state index in [1.165, 1.54) is 10.9 Å². The van der Waals surface area contributed by atoms with E-state index < -0.39 is 5.97 Å². The molecule has 1 amide bonds. The summed E-state index contributed by atoms with van der Waals surface area (Å²) in [7, 11) is 0. The van der Waals surface area contributed by atoms with Crippen molar-refractivity contribution in [1.29, 1.82) is 0 Å². The van der Waals surface area contributed by atoms with Crippen LogP contribution in [-0.2, 0) is 22.6 Å². The molecule has 9 heteroatoms. The van der Waals surface area contributed by atoms with E-state index in [4.69, 9.17) is 14.6 Å². The third kappa shape index (κ3) is 2.97. The second-order valence-corrected chi connectivity index (χ2v) is 4.57. The van der Waals surface area contributed by atoms with Crippen LogP contribution in [-0.4, -0.2) is 38.8 Å². The summed E-state index contributed by atoms with van der Waals surface area (Å²) >= 11 is 0. The summed E-state index contributed by atoms with van der Waals surface area (Å²) in [5.74, 6) is -0.182. The van der Waals surface area contributed by atoms with Crippen LogP contribution in [0.5, 0.6) is 11.5 Å². The minimum Gasteiger partial charge on any atom is -0.481 e. The Morgan fingerprint density at radius 2 is 2.14 bits per heavy atom. The summed E-state index contributed by atoms with van der Waals surface area (Å²) in [6, 6.07) is 5.04. The maximum Gasteiger partial charge on any atom is 0.309 e. The first-order valence-corrected chi connectivity index (χ1v) is 6.40. The molecule has 22 heavy (non-hydrogen) atoms. The van der Waals surface area contributed by atoms with E-state index in [2.05, 4.69) is 15.6 Å². The third-order valence-corrected chi connectivity index (χ3v) is 2.98. The zero-order chi connectivity index (χ0) is 15.5. The highest BCUT2D eigenvalue weighted by atomic mass is 16.7. The first-order chi connectivity index (χ1) is 10.6. The largest absolute Gasteiger partial charge is 0.481 e. The second kappa shape index (κ2) is 5.72. The molecule has 0 saturated heterocycles. The van der Waals surface area contributed by atoms with E-state index >= 15 is 0 Å². The Hall–Kier alpha value is -3.10. The van der Waals surface area contributed by atoms with E-state index in [1.54, 1.807) is 18.2 Å². The van der Waals surface area contributed by atoms with Crippen LogP contribution in [0.2, 0.25) is 0 Å². The Kier molecular flexibility index (Phi) is 3.60. The molecule has 1 aliphatic heterocycles. The van der Waals surface area contributed by atoms with Crippen molar-refractivity contribution in [2.45, 2.75) is 13.0 Å². The van der Waals surface area contributed by atoms with Gasteiger partial charge in [-0.25, -0.2) is 4.68 Å². The van der Waals surface area contributed by atoms with Crippen molar-refractivity contribution in [2.24, 2.45) is 0 Å². The average molecular weight is 304 g/mol. The number of fused-ring (bicyclic) bond motifs is 1. The first-order valence-electron chi connectivity index (χ1n) is 6.40. The van der Waals surface area contributed by atoms with Crippen LogP contribution in [0.15, 0.2) is 24.4 Å². The molecule has 1 aliphatic rings. The van der Waals surface area contributed by atoms with Gasteiger partial charge in [0.2, 0.25) is 12.7 Å². The quantitative estimate of drug-likeness (QED) is 0.814. The summed E-state index contributed by atoms with van der Waals surface area (Å²) in [4.78, 5) is 22.7. The van der Waals surface area contributed by atoms with Crippen molar-refractivity contribution in [3.05, 3.63) is 30.1 Å². The van der Waals surface area contributed by atoms with Gasteiger partial charge < -0.3 is 19.9 Å². The molecule has 0 spiro atoms. The van der Waals surface area contributed by atoms with Crippen LogP contribution in [0.3, 0.4) is 0 Å². The molecule has 1 aromatic carbocycles. The minimum atomic E-state index is -1.01. The Bertz CT molecular complexity index is 727. The number of amides is 1. The molecule has 2 aromatic rings. The number of benzene rings is 1. The number of aliphatic carboxylic acids is 1. The SMILES string of the molecule is O=C(O)Cc1cnnn1CC(=O)Nc1ccc2c(c1)OCO2. The van der Waals surface area contributed by atoms with Gasteiger partial charge in [0.1, 0.15) is 6.54 Å². The molecule has 0 radical (unpaired) electrons. The number of carbonyl (C=O) groups excluding carboxylic acids is 1. The number of aromatic nitrogens is 3. The van der Waals surface area contributed by atoms with Gasteiger partial charge in [-0.3, -0.25) is 9.59 Å². The maximum absolute atomic E-state index is 12.0. The highest BCUT2D eigenvalue weighted by molar-refractivity contribution is 5.91. The van der Waals surface area contributed by atoms with E-state index in [0.29, 0.717) is 22.9 Å². The average Bonchev–Trinajstić information content (AvgIpc) is 3.07. The molecule has 0 saturated carbocycles. The number of hydrogen-bond acceptors (Lipinski definition) is 6. The summed E-state index contributed by atoms with van der Waals surface area (Å²) in [6.07, 6.45) is 1.08. The second-order valence-electron chi connectivity index (χ2n) is 4.57. The van der Waals surface area contributed by atoms with E-state index in [1.807, 2.05) is 0 Å². The van der Waals surface area contributed by atoms with Crippen LogP contribution >= 0.6 is 0 Å². The highest BCUT2D eigenvalue weighted by Gasteiger charge is 2.15. The summed E-state index contributed by atoms with van der Waals surface area (Å²) in [5, 5.41) is 18.8. The minimum absolute atomic E-state index is 0.128. The molecule has 0 aliphatic carbocycles. The Morgan fingerprint density at radius 3 is 2.95 bits per heavy atom. The number of carbonyl (C=O) groups is 2. The number of carboxylic acid groups (broad SMARTS) is 1. The third-order valence-electron chi connectivity index (χ3n) is 2.98. The fourth-order valence-electron chi connectivity index (χ4n) is 2.01. The molecule has 2 N–H and O–H groups in total. The van der Waals surface area contributed by atoms with Crippen LogP contribution in [0.25, 0.3) is 0 Å².